The van der Waals surface area contributed by atoms with Crippen LogP contribution < -0.4 is 11.3 Å². The fourth-order valence-electron chi connectivity index (χ4n) is 0.896. The number of hydrazine groups is 1. The summed E-state index contributed by atoms with van der Waals surface area (Å²) < 4.78 is 1.01. The lowest BCUT2D eigenvalue weighted by Crippen LogP contribution is -2.07. The van der Waals surface area contributed by atoms with E-state index in [0.29, 0.717) is 0 Å². The van der Waals surface area contributed by atoms with Crippen molar-refractivity contribution in [2.45, 2.75) is 13.3 Å². The summed E-state index contributed by atoms with van der Waals surface area (Å²) in [6, 6.07) is 6.08. The Morgan fingerprint density at radius 3 is 2.73 bits per heavy atom. The van der Waals surface area contributed by atoms with Crippen LogP contribution in [0.25, 0.3) is 0 Å². The Morgan fingerprint density at radius 1 is 1.55 bits per heavy atom. The van der Waals surface area contributed by atoms with Gasteiger partial charge in [-0.15, -0.1) is 0 Å². The van der Waals surface area contributed by atoms with Crippen molar-refractivity contribution >= 4 is 21.6 Å². The molecule has 1 rings (SSSR count). The minimum atomic E-state index is 0.919. The molecule has 11 heavy (non-hydrogen) atoms. The summed E-state index contributed by atoms with van der Waals surface area (Å²) in [6.45, 7) is 2.12. The Labute approximate surface area is 74.9 Å². The first-order valence-electron chi connectivity index (χ1n) is 3.53. The topological polar surface area (TPSA) is 38.0 Å². The molecule has 0 bridgehead atoms. The molecule has 1 aromatic carbocycles. The van der Waals surface area contributed by atoms with Gasteiger partial charge < -0.3 is 5.43 Å². The molecule has 0 saturated carbocycles. The lowest BCUT2D eigenvalue weighted by molar-refractivity contribution is 1.13. The van der Waals surface area contributed by atoms with E-state index in [2.05, 4.69) is 40.4 Å². The minimum Gasteiger partial charge on any atom is -0.323 e. The Hall–Kier alpha value is -0.540. The fraction of sp³-hybridized carbons (Fsp3) is 0.250. The van der Waals surface area contributed by atoms with Crippen molar-refractivity contribution in [2.24, 2.45) is 5.84 Å². The van der Waals surface area contributed by atoms with E-state index < -0.39 is 0 Å². The largest absolute Gasteiger partial charge is 0.323 e. The molecule has 0 aromatic heterocycles. The molecule has 0 aliphatic heterocycles. The monoisotopic (exact) mass is 214 g/mol. The van der Waals surface area contributed by atoms with Gasteiger partial charge in [0.2, 0.25) is 0 Å². The SMILES string of the molecule is CCc1ccc(NN)c(Br)c1. The maximum atomic E-state index is 5.26. The first kappa shape index (κ1) is 8.56. The van der Waals surface area contributed by atoms with E-state index in [1.807, 2.05) is 6.07 Å². The van der Waals surface area contributed by atoms with Crippen molar-refractivity contribution < 1.29 is 0 Å². The van der Waals surface area contributed by atoms with E-state index >= 15 is 0 Å². The number of hydrogen-bond donors (Lipinski definition) is 2. The molecule has 0 spiro atoms. The first-order chi connectivity index (χ1) is 5.27. The molecule has 0 unspecified atom stereocenters. The predicted molar refractivity (Wildman–Crippen MR) is 51.3 cm³/mol. The summed E-state index contributed by atoms with van der Waals surface area (Å²) in [4.78, 5) is 0. The third-order valence-corrected chi connectivity index (χ3v) is 2.25. The van der Waals surface area contributed by atoms with Crippen LogP contribution in [0.3, 0.4) is 0 Å². The van der Waals surface area contributed by atoms with Crippen molar-refractivity contribution in [3.8, 4) is 0 Å². The number of benzene rings is 1. The maximum absolute atomic E-state index is 5.26. The molecule has 0 amide bonds. The molecule has 0 aliphatic rings. The van der Waals surface area contributed by atoms with Crippen molar-refractivity contribution in [1.82, 2.24) is 0 Å². The zero-order valence-electron chi connectivity index (χ0n) is 6.39. The normalized spacial score (nSPS) is 9.73. The van der Waals surface area contributed by atoms with Crippen LogP contribution in [-0.4, -0.2) is 0 Å². The van der Waals surface area contributed by atoms with Crippen LogP contribution in [0, 0.1) is 0 Å². The summed E-state index contributed by atoms with van der Waals surface area (Å²) in [5.74, 6) is 5.26. The molecule has 60 valence electrons. The van der Waals surface area contributed by atoms with Gasteiger partial charge in [-0.05, 0) is 40.0 Å². The summed E-state index contributed by atoms with van der Waals surface area (Å²) in [6.07, 6.45) is 1.05. The molecule has 0 heterocycles. The van der Waals surface area contributed by atoms with Crippen LogP contribution in [0.15, 0.2) is 22.7 Å². The summed E-state index contributed by atoms with van der Waals surface area (Å²) in [5.41, 5.74) is 4.82. The van der Waals surface area contributed by atoms with Crippen LogP contribution in [0.4, 0.5) is 5.69 Å². The Balaban J connectivity index is 2.99. The zero-order valence-corrected chi connectivity index (χ0v) is 7.98. The average molecular weight is 215 g/mol. The van der Waals surface area contributed by atoms with Crippen LogP contribution in [0.2, 0.25) is 0 Å². The highest BCUT2D eigenvalue weighted by Crippen LogP contribution is 2.22. The smallest absolute Gasteiger partial charge is 0.0627 e. The quantitative estimate of drug-likeness (QED) is 0.586. The van der Waals surface area contributed by atoms with Crippen molar-refractivity contribution in [1.29, 1.82) is 0 Å². The number of aryl methyl sites for hydroxylation is 1. The number of halogens is 1. The third kappa shape index (κ3) is 1.94. The highest BCUT2D eigenvalue weighted by molar-refractivity contribution is 9.10. The minimum absolute atomic E-state index is 0.919. The number of anilines is 1. The zero-order chi connectivity index (χ0) is 8.27. The molecule has 0 radical (unpaired) electrons. The number of hydrogen-bond acceptors (Lipinski definition) is 2. The van der Waals surface area contributed by atoms with Gasteiger partial charge in [0.05, 0.1) is 5.69 Å². The van der Waals surface area contributed by atoms with E-state index in [4.69, 9.17) is 5.84 Å². The third-order valence-electron chi connectivity index (χ3n) is 1.60. The van der Waals surface area contributed by atoms with Gasteiger partial charge in [-0.2, -0.15) is 0 Å². The Bertz CT molecular complexity index is 248. The standard InChI is InChI=1S/C8H11BrN2/c1-2-6-3-4-8(11-10)7(9)5-6/h3-5,11H,2,10H2,1H3. The summed E-state index contributed by atoms with van der Waals surface area (Å²) in [5, 5.41) is 0. The lowest BCUT2D eigenvalue weighted by Gasteiger charge is -2.04. The van der Waals surface area contributed by atoms with Gasteiger partial charge in [0.15, 0.2) is 0 Å². The van der Waals surface area contributed by atoms with Crippen LogP contribution in [0.1, 0.15) is 12.5 Å². The molecule has 3 heteroatoms. The lowest BCUT2D eigenvalue weighted by atomic mass is 10.2. The summed E-state index contributed by atoms with van der Waals surface area (Å²) >= 11 is 3.41. The second kappa shape index (κ2) is 3.74. The second-order valence-electron chi connectivity index (χ2n) is 2.31. The van der Waals surface area contributed by atoms with Gasteiger partial charge in [0.25, 0.3) is 0 Å². The molecule has 0 atom stereocenters. The molecule has 2 nitrogen and oxygen atoms in total. The average Bonchev–Trinajstić information content (AvgIpc) is 2.04. The molecule has 3 N–H and O–H groups in total. The molecular formula is C8H11BrN2. The van der Waals surface area contributed by atoms with Gasteiger partial charge in [-0.1, -0.05) is 13.0 Å². The van der Waals surface area contributed by atoms with E-state index in [-0.39, 0.29) is 0 Å². The van der Waals surface area contributed by atoms with Crippen LogP contribution >= 0.6 is 15.9 Å². The van der Waals surface area contributed by atoms with Gasteiger partial charge >= 0.3 is 0 Å². The Morgan fingerprint density at radius 2 is 2.27 bits per heavy atom. The van der Waals surface area contributed by atoms with Crippen LogP contribution in [0.5, 0.6) is 0 Å². The predicted octanol–water partition coefficient (Wildman–Crippen LogP) is 2.30. The van der Waals surface area contributed by atoms with E-state index in [9.17, 15) is 0 Å². The van der Waals surface area contributed by atoms with Crippen molar-refractivity contribution in [3.05, 3.63) is 28.2 Å². The van der Waals surface area contributed by atoms with E-state index in [1.165, 1.54) is 5.56 Å². The van der Waals surface area contributed by atoms with Gasteiger partial charge in [0, 0.05) is 4.47 Å². The van der Waals surface area contributed by atoms with E-state index in [1.54, 1.807) is 0 Å². The second-order valence-corrected chi connectivity index (χ2v) is 3.17. The molecule has 0 fully saturated rings. The number of nitrogens with two attached hydrogens (primary N) is 1. The van der Waals surface area contributed by atoms with Crippen LogP contribution in [-0.2, 0) is 6.42 Å². The van der Waals surface area contributed by atoms with Gasteiger partial charge in [-0.3, -0.25) is 5.84 Å². The number of rotatable bonds is 2. The number of nitrogens with one attached hydrogen (secondary N) is 1. The summed E-state index contributed by atoms with van der Waals surface area (Å²) in [7, 11) is 0. The Kier molecular flexibility index (Phi) is 2.91. The van der Waals surface area contributed by atoms with Gasteiger partial charge in [-0.25, -0.2) is 0 Å². The van der Waals surface area contributed by atoms with Gasteiger partial charge in [0.1, 0.15) is 0 Å². The van der Waals surface area contributed by atoms with Crippen molar-refractivity contribution in [2.75, 3.05) is 5.43 Å². The molecule has 1 aromatic rings. The fourth-order valence-corrected chi connectivity index (χ4v) is 1.44. The molecule has 0 aliphatic carbocycles. The highest BCUT2D eigenvalue weighted by Gasteiger charge is 1.97. The molecule has 0 saturated heterocycles. The number of nitrogen functional groups attached to an aromatic ring is 1. The maximum Gasteiger partial charge on any atom is 0.0627 e. The molecular weight excluding hydrogens is 204 g/mol. The van der Waals surface area contributed by atoms with Crippen molar-refractivity contribution in [3.63, 3.8) is 0 Å². The first-order valence-corrected chi connectivity index (χ1v) is 4.32. The van der Waals surface area contributed by atoms with E-state index in [0.717, 1.165) is 16.6 Å². The highest BCUT2D eigenvalue weighted by atomic mass is 79.9.